The molecule has 2 atom stereocenters. The number of likely N-dealkylation sites (tertiary alicyclic amines) is 1. The van der Waals surface area contributed by atoms with E-state index in [1.807, 2.05) is 36.9 Å². The van der Waals surface area contributed by atoms with Crippen molar-refractivity contribution in [1.29, 1.82) is 0 Å². The Balaban J connectivity index is 1.53. The summed E-state index contributed by atoms with van der Waals surface area (Å²) in [5.74, 6) is 0.173. The maximum absolute atomic E-state index is 12.9. The van der Waals surface area contributed by atoms with Crippen LogP contribution in [0.5, 0.6) is 0 Å². The molecule has 1 aliphatic heterocycles. The van der Waals surface area contributed by atoms with E-state index >= 15 is 0 Å². The second-order valence-corrected chi connectivity index (χ2v) is 9.70. The molecule has 1 saturated carbocycles. The van der Waals surface area contributed by atoms with E-state index in [0.717, 1.165) is 25.7 Å². The highest BCUT2D eigenvalue weighted by Crippen LogP contribution is 2.26. The van der Waals surface area contributed by atoms with Crippen LogP contribution in [0.3, 0.4) is 0 Å². The van der Waals surface area contributed by atoms with Gasteiger partial charge in [0.1, 0.15) is 0 Å². The van der Waals surface area contributed by atoms with Gasteiger partial charge in [0.2, 0.25) is 11.8 Å². The van der Waals surface area contributed by atoms with E-state index in [-0.39, 0.29) is 41.6 Å². The molecule has 7 heteroatoms. The third-order valence-electron chi connectivity index (χ3n) is 6.51. The zero-order chi connectivity index (χ0) is 22.4. The van der Waals surface area contributed by atoms with E-state index in [1.54, 1.807) is 12.1 Å². The molecule has 6 nitrogen and oxygen atoms in total. The zero-order valence-electron chi connectivity index (χ0n) is 18.5. The van der Waals surface area contributed by atoms with Gasteiger partial charge in [-0.15, -0.1) is 11.6 Å². The Bertz CT molecular complexity index is 776. The van der Waals surface area contributed by atoms with Crippen molar-refractivity contribution in [3.63, 3.8) is 0 Å². The van der Waals surface area contributed by atoms with Gasteiger partial charge in [-0.3, -0.25) is 14.4 Å². The molecule has 2 N–H and O–H groups in total. The first-order valence-corrected chi connectivity index (χ1v) is 11.9. The van der Waals surface area contributed by atoms with Crippen LogP contribution in [0.1, 0.15) is 62.7 Å². The maximum Gasteiger partial charge on any atom is 0.251 e. The van der Waals surface area contributed by atoms with Gasteiger partial charge in [0.15, 0.2) is 0 Å². The highest BCUT2D eigenvalue weighted by molar-refractivity contribution is 6.19. The molecule has 1 heterocycles. The number of halogens is 1. The predicted molar refractivity (Wildman–Crippen MR) is 122 cm³/mol. The number of amides is 3. The minimum atomic E-state index is -0.580. The molecule has 0 bridgehead atoms. The molecular weight excluding hydrogens is 414 g/mol. The van der Waals surface area contributed by atoms with Gasteiger partial charge in [-0.05, 0) is 51.7 Å². The molecule has 1 aliphatic carbocycles. The molecular formula is C24H34ClN3O3. The number of alkyl halides is 1. The van der Waals surface area contributed by atoms with E-state index in [1.165, 1.54) is 0 Å². The summed E-state index contributed by atoms with van der Waals surface area (Å²) in [5, 5.41) is 6.32. The lowest BCUT2D eigenvalue weighted by Gasteiger charge is -2.37. The molecule has 31 heavy (non-hydrogen) atoms. The predicted octanol–water partition coefficient (Wildman–Crippen LogP) is 3.35. The van der Waals surface area contributed by atoms with Crippen molar-refractivity contribution in [1.82, 2.24) is 15.5 Å². The van der Waals surface area contributed by atoms with Crippen molar-refractivity contribution in [3.8, 4) is 0 Å². The quantitative estimate of drug-likeness (QED) is 0.656. The Morgan fingerprint density at radius 2 is 1.55 bits per heavy atom. The molecule has 2 aliphatic rings. The summed E-state index contributed by atoms with van der Waals surface area (Å²) in [6.07, 6.45) is 5.14. The van der Waals surface area contributed by atoms with Crippen molar-refractivity contribution in [3.05, 3.63) is 35.9 Å². The standard InChI is InChI=1S/C24H34ClN3O3/c1-24(2,16-25)23(31)28-14-12-18(13-15-28)22(30)27-20-11-7-6-10-19(20)26-21(29)17-8-4-3-5-9-17/h3-5,8-9,18-20H,6-7,10-16H2,1-2H3,(H,26,29)(H,27,30)/t19-,20-/m1/s1. The first-order valence-electron chi connectivity index (χ1n) is 11.3. The highest BCUT2D eigenvalue weighted by Gasteiger charge is 2.36. The van der Waals surface area contributed by atoms with E-state index in [9.17, 15) is 14.4 Å². The molecule has 1 saturated heterocycles. The number of hydrogen-bond acceptors (Lipinski definition) is 3. The van der Waals surface area contributed by atoms with Gasteiger partial charge in [0.05, 0.1) is 5.41 Å². The van der Waals surface area contributed by atoms with Crippen LogP contribution in [0.25, 0.3) is 0 Å². The van der Waals surface area contributed by atoms with Crippen molar-refractivity contribution in [2.75, 3.05) is 19.0 Å². The number of nitrogens with zero attached hydrogens (tertiary/aromatic N) is 1. The van der Waals surface area contributed by atoms with Gasteiger partial charge in [-0.1, -0.05) is 31.0 Å². The second-order valence-electron chi connectivity index (χ2n) is 9.43. The Kier molecular flexibility index (Phi) is 7.98. The fourth-order valence-corrected chi connectivity index (χ4v) is 4.56. The average molecular weight is 448 g/mol. The Morgan fingerprint density at radius 1 is 0.968 bits per heavy atom. The first kappa shape index (κ1) is 23.6. The third-order valence-corrected chi connectivity index (χ3v) is 7.18. The summed E-state index contributed by atoms with van der Waals surface area (Å²) in [6, 6.07) is 9.07. The molecule has 0 aromatic heterocycles. The second kappa shape index (κ2) is 10.5. The van der Waals surface area contributed by atoms with Gasteiger partial charge in [0, 0.05) is 42.5 Å². The van der Waals surface area contributed by atoms with E-state index in [4.69, 9.17) is 11.6 Å². The average Bonchev–Trinajstić information content (AvgIpc) is 2.80. The van der Waals surface area contributed by atoms with E-state index in [0.29, 0.717) is 31.5 Å². The number of carbonyl (C=O) groups is 3. The number of piperidine rings is 1. The van der Waals surface area contributed by atoms with Crippen LogP contribution < -0.4 is 10.6 Å². The summed E-state index contributed by atoms with van der Waals surface area (Å²) in [6.45, 7) is 4.87. The molecule has 2 fully saturated rings. The minimum absolute atomic E-state index is 0.0366. The van der Waals surface area contributed by atoms with Crippen LogP contribution >= 0.6 is 11.6 Å². The largest absolute Gasteiger partial charge is 0.351 e. The Hall–Kier alpha value is -2.08. The molecule has 1 aromatic rings. The lowest BCUT2D eigenvalue weighted by atomic mass is 9.88. The molecule has 3 rings (SSSR count). The van der Waals surface area contributed by atoms with Crippen LogP contribution in [0.4, 0.5) is 0 Å². The molecule has 1 aromatic carbocycles. The summed E-state index contributed by atoms with van der Waals surface area (Å²) >= 11 is 5.94. The van der Waals surface area contributed by atoms with Crippen LogP contribution in [-0.2, 0) is 9.59 Å². The number of rotatable bonds is 6. The Morgan fingerprint density at radius 3 is 2.13 bits per heavy atom. The lowest BCUT2D eigenvalue weighted by molar-refractivity contribution is -0.142. The van der Waals surface area contributed by atoms with Crippen LogP contribution in [0, 0.1) is 11.3 Å². The van der Waals surface area contributed by atoms with E-state index < -0.39 is 5.41 Å². The first-order chi connectivity index (χ1) is 14.8. The summed E-state index contributed by atoms with van der Waals surface area (Å²) < 4.78 is 0. The van der Waals surface area contributed by atoms with Crippen LogP contribution in [0.15, 0.2) is 30.3 Å². The summed E-state index contributed by atoms with van der Waals surface area (Å²) in [4.78, 5) is 40.0. The molecule has 3 amide bonds. The highest BCUT2D eigenvalue weighted by atomic mass is 35.5. The van der Waals surface area contributed by atoms with Crippen molar-refractivity contribution in [2.24, 2.45) is 11.3 Å². The van der Waals surface area contributed by atoms with Gasteiger partial charge in [-0.25, -0.2) is 0 Å². The van der Waals surface area contributed by atoms with Gasteiger partial charge in [-0.2, -0.15) is 0 Å². The van der Waals surface area contributed by atoms with Gasteiger partial charge >= 0.3 is 0 Å². The normalized spacial score (nSPS) is 22.6. The molecule has 170 valence electrons. The molecule has 0 radical (unpaired) electrons. The van der Waals surface area contributed by atoms with E-state index in [2.05, 4.69) is 10.6 Å². The van der Waals surface area contributed by atoms with Crippen LogP contribution in [-0.4, -0.2) is 53.7 Å². The monoisotopic (exact) mass is 447 g/mol. The third kappa shape index (κ3) is 6.00. The number of carbonyl (C=O) groups excluding carboxylic acids is 3. The van der Waals surface area contributed by atoms with Crippen molar-refractivity contribution >= 4 is 29.3 Å². The topological polar surface area (TPSA) is 78.5 Å². The van der Waals surface area contributed by atoms with Crippen molar-refractivity contribution in [2.45, 2.75) is 64.5 Å². The number of benzene rings is 1. The Labute approximate surface area is 190 Å². The molecule has 0 spiro atoms. The number of nitrogens with one attached hydrogen (secondary N) is 2. The summed E-state index contributed by atoms with van der Waals surface area (Å²) in [5.41, 5.74) is 0.0539. The summed E-state index contributed by atoms with van der Waals surface area (Å²) in [7, 11) is 0. The van der Waals surface area contributed by atoms with Crippen molar-refractivity contribution < 1.29 is 14.4 Å². The van der Waals surface area contributed by atoms with Gasteiger partial charge < -0.3 is 15.5 Å². The fourth-order valence-electron chi connectivity index (χ4n) is 4.45. The number of hydrogen-bond donors (Lipinski definition) is 2. The molecule has 0 unspecified atom stereocenters. The van der Waals surface area contributed by atoms with Crippen LogP contribution in [0.2, 0.25) is 0 Å². The zero-order valence-corrected chi connectivity index (χ0v) is 19.3. The fraction of sp³-hybridized carbons (Fsp3) is 0.625. The smallest absolute Gasteiger partial charge is 0.251 e. The maximum atomic E-state index is 12.9. The lowest BCUT2D eigenvalue weighted by Crippen LogP contribution is -2.55. The van der Waals surface area contributed by atoms with Gasteiger partial charge in [0.25, 0.3) is 5.91 Å². The SMILES string of the molecule is CC(C)(CCl)C(=O)N1CCC(C(=O)N[C@@H]2CCCC[C@H]2NC(=O)c2ccccc2)CC1. The minimum Gasteiger partial charge on any atom is -0.351 e.